The molecule has 0 spiro atoms. The number of pyridine rings is 1. The summed E-state index contributed by atoms with van der Waals surface area (Å²) in [7, 11) is 0. The summed E-state index contributed by atoms with van der Waals surface area (Å²) >= 11 is 5.83. The summed E-state index contributed by atoms with van der Waals surface area (Å²) in [6, 6.07) is 18.4. The summed E-state index contributed by atoms with van der Waals surface area (Å²) in [6.45, 7) is 0. The van der Waals surface area contributed by atoms with Crippen molar-refractivity contribution >= 4 is 34.6 Å². The molecule has 2 N–H and O–H groups in total. The predicted molar refractivity (Wildman–Crippen MR) is 93.4 cm³/mol. The van der Waals surface area contributed by atoms with Crippen molar-refractivity contribution < 1.29 is 4.79 Å². The predicted octanol–water partition coefficient (Wildman–Crippen LogP) is 4.73. The summed E-state index contributed by atoms with van der Waals surface area (Å²) in [5, 5.41) is 6.65. The van der Waals surface area contributed by atoms with Gasteiger partial charge in [0.05, 0.1) is 17.4 Å². The van der Waals surface area contributed by atoms with Crippen molar-refractivity contribution in [2.45, 2.75) is 0 Å². The first-order valence-electron chi connectivity index (χ1n) is 7.05. The molecule has 3 aromatic rings. The first-order valence-corrected chi connectivity index (χ1v) is 7.42. The van der Waals surface area contributed by atoms with Crippen molar-refractivity contribution in [2.75, 3.05) is 10.6 Å². The lowest BCUT2D eigenvalue weighted by atomic mass is 10.2. The van der Waals surface area contributed by atoms with E-state index in [9.17, 15) is 4.79 Å². The second-order valence-electron chi connectivity index (χ2n) is 4.91. The largest absolute Gasteiger partial charge is 0.354 e. The molecule has 0 saturated heterocycles. The molecule has 0 saturated carbocycles. The summed E-state index contributed by atoms with van der Waals surface area (Å²) in [4.78, 5) is 16.4. The molecule has 0 unspecified atom stereocenters. The third-order valence-corrected chi connectivity index (χ3v) is 3.42. The molecule has 0 atom stereocenters. The lowest BCUT2D eigenvalue weighted by Gasteiger charge is -2.08. The molecule has 1 amide bonds. The zero-order chi connectivity index (χ0) is 16.1. The Morgan fingerprint density at radius 1 is 0.870 bits per heavy atom. The number of hydrogen-bond donors (Lipinski definition) is 2. The van der Waals surface area contributed by atoms with Gasteiger partial charge in [-0.2, -0.15) is 0 Å². The van der Waals surface area contributed by atoms with E-state index in [1.54, 1.807) is 36.5 Å². The van der Waals surface area contributed by atoms with E-state index >= 15 is 0 Å². The third kappa shape index (κ3) is 4.08. The first kappa shape index (κ1) is 15.1. The SMILES string of the molecule is O=C(Nc1ccc(Cl)cc1)c1cncc(Nc2ccccc2)c1. The van der Waals surface area contributed by atoms with Gasteiger partial charge >= 0.3 is 0 Å². The van der Waals surface area contributed by atoms with Crippen LogP contribution in [0.3, 0.4) is 0 Å². The number of nitrogens with one attached hydrogen (secondary N) is 2. The van der Waals surface area contributed by atoms with Gasteiger partial charge in [0.2, 0.25) is 0 Å². The number of nitrogens with zero attached hydrogens (tertiary/aromatic N) is 1. The molecule has 0 aliphatic heterocycles. The Hall–Kier alpha value is -2.85. The number of aromatic nitrogens is 1. The highest BCUT2D eigenvalue weighted by molar-refractivity contribution is 6.30. The molecular weight excluding hydrogens is 310 g/mol. The molecular formula is C18H14ClN3O. The van der Waals surface area contributed by atoms with E-state index in [4.69, 9.17) is 11.6 Å². The Bertz CT molecular complexity index is 804. The topological polar surface area (TPSA) is 54.0 Å². The van der Waals surface area contributed by atoms with Crippen LogP contribution in [0.15, 0.2) is 73.1 Å². The molecule has 114 valence electrons. The lowest BCUT2D eigenvalue weighted by molar-refractivity contribution is 0.102. The Morgan fingerprint density at radius 2 is 1.61 bits per heavy atom. The zero-order valence-electron chi connectivity index (χ0n) is 12.2. The smallest absolute Gasteiger partial charge is 0.257 e. The molecule has 4 nitrogen and oxygen atoms in total. The monoisotopic (exact) mass is 323 g/mol. The van der Waals surface area contributed by atoms with Crippen molar-refractivity contribution in [3.8, 4) is 0 Å². The number of carbonyl (C=O) groups excluding carboxylic acids is 1. The minimum Gasteiger partial charge on any atom is -0.354 e. The molecule has 0 bridgehead atoms. The number of hydrogen-bond acceptors (Lipinski definition) is 3. The average molecular weight is 324 g/mol. The van der Waals surface area contributed by atoms with E-state index in [0.29, 0.717) is 16.3 Å². The Labute approximate surface area is 139 Å². The Balaban J connectivity index is 1.73. The van der Waals surface area contributed by atoms with Crippen LogP contribution in [0.5, 0.6) is 0 Å². The van der Waals surface area contributed by atoms with Crippen molar-refractivity contribution in [3.63, 3.8) is 0 Å². The van der Waals surface area contributed by atoms with E-state index in [1.807, 2.05) is 30.3 Å². The highest BCUT2D eigenvalue weighted by atomic mass is 35.5. The second kappa shape index (κ2) is 6.94. The highest BCUT2D eigenvalue weighted by Gasteiger charge is 2.08. The van der Waals surface area contributed by atoms with E-state index in [2.05, 4.69) is 15.6 Å². The van der Waals surface area contributed by atoms with E-state index in [1.165, 1.54) is 6.20 Å². The molecule has 2 aromatic carbocycles. The van der Waals surface area contributed by atoms with Crippen molar-refractivity contribution in [2.24, 2.45) is 0 Å². The fraction of sp³-hybridized carbons (Fsp3) is 0. The van der Waals surface area contributed by atoms with Gasteiger partial charge in [-0.1, -0.05) is 29.8 Å². The minimum atomic E-state index is -0.225. The molecule has 0 fully saturated rings. The fourth-order valence-electron chi connectivity index (χ4n) is 2.06. The summed E-state index contributed by atoms with van der Waals surface area (Å²) < 4.78 is 0. The molecule has 5 heteroatoms. The first-order chi connectivity index (χ1) is 11.2. The maximum atomic E-state index is 12.3. The number of benzene rings is 2. The van der Waals surface area contributed by atoms with Gasteiger partial charge in [0.25, 0.3) is 5.91 Å². The van der Waals surface area contributed by atoms with Crippen LogP contribution >= 0.6 is 11.6 Å². The van der Waals surface area contributed by atoms with Gasteiger partial charge in [-0.3, -0.25) is 9.78 Å². The van der Waals surface area contributed by atoms with Crippen molar-refractivity contribution in [1.82, 2.24) is 4.98 Å². The summed E-state index contributed by atoms with van der Waals surface area (Å²) in [5.74, 6) is -0.225. The van der Waals surface area contributed by atoms with E-state index in [0.717, 1.165) is 11.4 Å². The fourth-order valence-corrected chi connectivity index (χ4v) is 2.18. The van der Waals surface area contributed by atoms with Crippen LogP contribution < -0.4 is 10.6 Å². The number of amides is 1. The van der Waals surface area contributed by atoms with Gasteiger partial charge in [-0.15, -0.1) is 0 Å². The van der Waals surface area contributed by atoms with Crippen LogP contribution in [0.1, 0.15) is 10.4 Å². The molecule has 1 heterocycles. The Morgan fingerprint density at radius 3 is 2.35 bits per heavy atom. The number of para-hydroxylation sites is 1. The lowest BCUT2D eigenvalue weighted by Crippen LogP contribution is -2.12. The van der Waals surface area contributed by atoms with Crippen LogP contribution in [0.2, 0.25) is 5.02 Å². The van der Waals surface area contributed by atoms with E-state index < -0.39 is 0 Å². The molecule has 0 aliphatic carbocycles. The molecule has 1 aromatic heterocycles. The van der Waals surface area contributed by atoms with Gasteiger partial charge in [0, 0.05) is 22.6 Å². The maximum absolute atomic E-state index is 12.3. The number of carbonyl (C=O) groups is 1. The standard InChI is InChI=1S/C18H14ClN3O/c19-14-6-8-16(9-7-14)22-18(23)13-10-17(12-20-11-13)21-15-4-2-1-3-5-15/h1-12,21H,(H,22,23). The molecule has 3 rings (SSSR count). The highest BCUT2D eigenvalue weighted by Crippen LogP contribution is 2.18. The second-order valence-corrected chi connectivity index (χ2v) is 5.35. The van der Waals surface area contributed by atoms with Crippen LogP contribution in [0, 0.1) is 0 Å². The van der Waals surface area contributed by atoms with E-state index in [-0.39, 0.29) is 5.91 Å². The van der Waals surface area contributed by atoms with Crippen LogP contribution in [0.25, 0.3) is 0 Å². The Kier molecular flexibility index (Phi) is 4.54. The van der Waals surface area contributed by atoms with Crippen molar-refractivity contribution in [1.29, 1.82) is 0 Å². The number of halogens is 1. The summed E-state index contributed by atoms with van der Waals surface area (Å²) in [6.07, 6.45) is 3.20. The number of anilines is 3. The minimum absolute atomic E-state index is 0.225. The zero-order valence-corrected chi connectivity index (χ0v) is 12.9. The number of rotatable bonds is 4. The van der Waals surface area contributed by atoms with Crippen molar-refractivity contribution in [3.05, 3.63) is 83.6 Å². The molecule has 0 aliphatic rings. The van der Waals surface area contributed by atoms with Gasteiger partial charge in [-0.25, -0.2) is 0 Å². The van der Waals surface area contributed by atoms with Gasteiger partial charge in [0.15, 0.2) is 0 Å². The molecule has 0 radical (unpaired) electrons. The van der Waals surface area contributed by atoms with Crippen LogP contribution in [0.4, 0.5) is 17.1 Å². The quantitative estimate of drug-likeness (QED) is 0.729. The van der Waals surface area contributed by atoms with Crippen LogP contribution in [-0.4, -0.2) is 10.9 Å². The average Bonchev–Trinajstić information content (AvgIpc) is 2.58. The van der Waals surface area contributed by atoms with Gasteiger partial charge in [-0.05, 0) is 42.5 Å². The van der Waals surface area contributed by atoms with Gasteiger partial charge < -0.3 is 10.6 Å². The van der Waals surface area contributed by atoms with Gasteiger partial charge in [0.1, 0.15) is 0 Å². The van der Waals surface area contributed by atoms with Crippen LogP contribution in [-0.2, 0) is 0 Å². The molecule has 23 heavy (non-hydrogen) atoms. The normalized spacial score (nSPS) is 10.1. The summed E-state index contributed by atoms with van der Waals surface area (Å²) in [5.41, 5.74) is 2.84. The maximum Gasteiger partial charge on any atom is 0.257 e. The third-order valence-electron chi connectivity index (χ3n) is 3.16.